The van der Waals surface area contributed by atoms with Crippen molar-refractivity contribution in [2.75, 3.05) is 0 Å². The van der Waals surface area contributed by atoms with Gasteiger partial charge in [0.2, 0.25) is 0 Å². The first-order valence-corrected chi connectivity index (χ1v) is 4.74. The lowest BCUT2D eigenvalue weighted by molar-refractivity contribution is -0.385. The Bertz CT molecular complexity index is 429. The van der Waals surface area contributed by atoms with Gasteiger partial charge in [0.1, 0.15) is 0 Å². The van der Waals surface area contributed by atoms with Gasteiger partial charge in [-0.15, -0.1) is 0 Å². The second-order valence-electron chi connectivity index (χ2n) is 3.70. The van der Waals surface area contributed by atoms with Gasteiger partial charge in [0.25, 0.3) is 5.69 Å². The van der Waals surface area contributed by atoms with Crippen LogP contribution in [-0.4, -0.2) is 16.1 Å². The van der Waals surface area contributed by atoms with E-state index in [1.165, 1.54) is 6.92 Å². The van der Waals surface area contributed by atoms with Crippen LogP contribution < -0.4 is 0 Å². The van der Waals surface area contributed by atoms with E-state index in [0.717, 1.165) is 12.1 Å². The van der Waals surface area contributed by atoms with Crippen molar-refractivity contribution < 1.29 is 23.2 Å². The second kappa shape index (κ2) is 4.70. The van der Waals surface area contributed by atoms with E-state index in [2.05, 4.69) is 0 Å². The molecule has 0 amide bonds. The molecule has 1 rings (SSSR count). The van der Waals surface area contributed by atoms with Gasteiger partial charge in [0.15, 0.2) is 0 Å². The number of aliphatic hydroxyl groups excluding tert-OH is 1. The molecule has 0 aromatic heterocycles. The van der Waals surface area contributed by atoms with E-state index >= 15 is 0 Å². The van der Waals surface area contributed by atoms with Crippen molar-refractivity contribution >= 4 is 5.69 Å². The lowest BCUT2D eigenvalue weighted by Gasteiger charge is -2.10. The van der Waals surface area contributed by atoms with Crippen LogP contribution in [0.5, 0.6) is 0 Å². The highest BCUT2D eigenvalue weighted by Gasteiger charge is 2.32. The van der Waals surface area contributed by atoms with E-state index in [9.17, 15) is 23.3 Å². The molecule has 1 atom stereocenters. The molecule has 0 saturated heterocycles. The zero-order valence-corrected chi connectivity index (χ0v) is 8.86. The number of benzene rings is 1. The normalized spacial score (nSPS) is 13.5. The van der Waals surface area contributed by atoms with E-state index in [0.29, 0.717) is 6.07 Å². The summed E-state index contributed by atoms with van der Waals surface area (Å²) in [5.41, 5.74) is -1.63. The molecule has 94 valence electrons. The molecular weight excluding hydrogens is 239 g/mol. The Kier molecular flexibility index (Phi) is 3.72. The predicted octanol–water partition coefficient (Wildman–Crippen LogP) is 2.54. The lowest BCUT2D eigenvalue weighted by atomic mass is 10.0. The molecule has 0 unspecified atom stereocenters. The van der Waals surface area contributed by atoms with Crippen molar-refractivity contribution in [3.05, 3.63) is 39.4 Å². The van der Waals surface area contributed by atoms with Crippen molar-refractivity contribution in [2.45, 2.75) is 25.6 Å². The Morgan fingerprint density at radius 3 is 2.41 bits per heavy atom. The minimum atomic E-state index is -4.64. The van der Waals surface area contributed by atoms with Crippen molar-refractivity contribution in [1.82, 2.24) is 0 Å². The van der Waals surface area contributed by atoms with Gasteiger partial charge in [-0.05, 0) is 25.0 Å². The third kappa shape index (κ3) is 3.70. The molecule has 7 heteroatoms. The topological polar surface area (TPSA) is 63.4 Å². The molecule has 0 fully saturated rings. The van der Waals surface area contributed by atoms with Gasteiger partial charge in [-0.1, -0.05) is 0 Å². The summed E-state index contributed by atoms with van der Waals surface area (Å²) in [7, 11) is 0. The fourth-order valence-electron chi connectivity index (χ4n) is 1.40. The molecule has 0 aliphatic carbocycles. The van der Waals surface area contributed by atoms with Crippen molar-refractivity contribution in [3.8, 4) is 0 Å². The minimum absolute atomic E-state index is 0.0647. The number of nitrogens with zero attached hydrogens (tertiary/aromatic N) is 1. The number of hydrogen-bond acceptors (Lipinski definition) is 3. The van der Waals surface area contributed by atoms with E-state index in [-0.39, 0.29) is 12.0 Å². The summed E-state index contributed by atoms with van der Waals surface area (Å²) in [6.45, 7) is 1.39. The van der Waals surface area contributed by atoms with Gasteiger partial charge in [-0.3, -0.25) is 10.1 Å². The standard InChI is InChI=1S/C10H10F3NO3/c1-6(15)2-7-3-8(10(11,12)13)5-9(4-7)14(16)17/h3-6,15H,2H2,1H3/t6-/m1/s1. The molecule has 0 bridgehead atoms. The maximum atomic E-state index is 12.5. The van der Waals surface area contributed by atoms with Crippen LogP contribution in [0.15, 0.2) is 18.2 Å². The summed E-state index contributed by atoms with van der Waals surface area (Å²) in [6, 6.07) is 2.31. The van der Waals surface area contributed by atoms with Gasteiger partial charge in [-0.2, -0.15) is 13.2 Å². The highest BCUT2D eigenvalue weighted by molar-refractivity contribution is 5.40. The summed E-state index contributed by atoms with van der Waals surface area (Å²) in [6.07, 6.45) is -5.57. The fourth-order valence-corrected chi connectivity index (χ4v) is 1.40. The number of alkyl halides is 3. The predicted molar refractivity (Wildman–Crippen MR) is 53.5 cm³/mol. The first-order valence-electron chi connectivity index (χ1n) is 4.74. The maximum absolute atomic E-state index is 12.5. The Hall–Kier alpha value is -1.63. The van der Waals surface area contributed by atoms with Crippen molar-refractivity contribution in [1.29, 1.82) is 0 Å². The monoisotopic (exact) mass is 249 g/mol. The van der Waals surface area contributed by atoms with E-state index in [1.54, 1.807) is 0 Å². The van der Waals surface area contributed by atoms with Crippen molar-refractivity contribution in [2.24, 2.45) is 0 Å². The summed E-state index contributed by atoms with van der Waals surface area (Å²) in [5, 5.41) is 19.6. The molecule has 0 heterocycles. The van der Waals surface area contributed by atoms with Gasteiger partial charge in [-0.25, -0.2) is 0 Å². The Morgan fingerprint density at radius 1 is 1.41 bits per heavy atom. The van der Waals surface area contributed by atoms with Crippen LogP contribution in [0.25, 0.3) is 0 Å². The Balaban J connectivity index is 3.24. The number of halogens is 3. The van der Waals surface area contributed by atoms with E-state index in [4.69, 9.17) is 5.11 Å². The average Bonchev–Trinajstić information content (AvgIpc) is 2.14. The van der Waals surface area contributed by atoms with Crippen LogP contribution in [0.4, 0.5) is 18.9 Å². The zero-order chi connectivity index (χ0) is 13.2. The van der Waals surface area contributed by atoms with Crippen molar-refractivity contribution in [3.63, 3.8) is 0 Å². The Labute approximate surface area is 94.8 Å². The van der Waals surface area contributed by atoms with E-state index in [1.807, 2.05) is 0 Å². The van der Waals surface area contributed by atoms with Crippen LogP contribution >= 0.6 is 0 Å². The Morgan fingerprint density at radius 2 is 2.00 bits per heavy atom. The molecule has 1 aromatic carbocycles. The first-order chi connectivity index (χ1) is 7.70. The quantitative estimate of drug-likeness (QED) is 0.661. The smallest absolute Gasteiger partial charge is 0.393 e. The second-order valence-corrected chi connectivity index (χ2v) is 3.70. The molecule has 0 aliphatic rings. The largest absolute Gasteiger partial charge is 0.416 e. The number of aliphatic hydroxyl groups is 1. The maximum Gasteiger partial charge on any atom is 0.416 e. The number of hydrogen-bond donors (Lipinski definition) is 1. The number of nitro benzene ring substituents is 1. The van der Waals surface area contributed by atoms with Gasteiger partial charge in [0.05, 0.1) is 16.6 Å². The van der Waals surface area contributed by atoms with Gasteiger partial charge < -0.3 is 5.11 Å². The van der Waals surface area contributed by atoms with Crippen LogP contribution in [-0.2, 0) is 12.6 Å². The molecule has 17 heavy (non-hydrogen) atoms. The van der Waals surface area contributed by atoms with Crippen LogP contribution in [0.3, 0.4) is 0 Å². The summed E-state index contributed by atoms with van der Waals surface area (Å²) >= 11 is 0. The van der Waals surface area contributed by atoms with Gasteiger partial charge >= 0.3 is 6.18 Å². The van der Waals surface area contributed by atoms with Crippen LogP contribution in [0, 0.1) is 10.1 Å². The molecule has 0 aliphatic heterocycles. The number of rotatable bonds is 3. The fraction of sp³-hybridized carbons (Fsp3) is 0.400. The molecule has 1 aromatic rings. The summed E-state index contributed by atoms with van der Waals surface area (Å²) < 4.78 is 37.4. The number of nitro groups is 1. The molecule has 4 nitrogen and oxygen atoms in total. The first kappa shape index (κ1) is 13.4. The third-order valence-corrected chi connectivity index (χ3v) is 2.05. The number of non-ortho nitro benzene ring substituents is 1. The third-order valence-electron chi connectivity index (χ3n) is 2.05. The SMILES string of the molecule is C[C@@H](O)Cc1cc([N+](=O)[O-])cc(C(F)(F)F)c1. The molecule has 1 N–H and O–H groups in total. The summed E-state index contributed by atoms with van der Waals surface area (Å²) in [5.74, 6) is 0. The molecule has 0 spiro atoms. The summed E-state index contributed by atoms with van der Waals surface area (Å²) in [4.78, 5) is 9.61. The molecule has 0 radical (unpaired) electrons. The van der Waals surface area contributed by atoms with E-state index < -0.39 is 28.5 Å². The van der Waals surface area contributed by atoms with Gasteiger partial charge in [0, 0.05) is 12.1 Å². The minimum Gasteiger partial charge on any atom is -0.393 e. The van der Waals surface area contributed by atoms with Crippen LogP contribution in [0.2, 0.25) is 0 Å². The molecule has 0 saturated carbocycles. The highest BCUT2D eigenvalue weighted by Crippen LogP contribution is 2.32. The molecular formula is C10H10F3NO3. The lowest BCUT2D eigenvalue weighted by Crippen LogP contribution is -2.09. The zero-order valence-electron chi connectivity index (χ0n) is 8.86. The average molecular weight is 249 g/mol. The van der Waals surface area contributed by atoms with Crippen LogP contribution in [0.1, 0.15) is 18.1 Å². The highest BCUT2D eigenvalue weighted by atomic mass is 19.4.